The van der Waals surface area contributed by atoms with Gasteiger partial charge in [-0.2, -0.15) is 0 Å². The van der Waals surface area contributed by atoms with E-state index in [1.54, 1.807) is 0 Å². The van der Waals surface area contributed by atoms with Crippen molar-refractivity contribution in [2.45, 2.75) is 38.1 Å². The van der Waals surface area contributed by atoms with Crippen molar-refractivity contribution in [3.63, 3.8) is 0 Å². The van der Waals surface area contributed by atoms with Crippen LogP contribution in [0.25, 0.3) is 0 Å². The lowest BCUT2D eigenvalue weighted by molar-refractivity contribution is -0.119. The highest BCUT2D eigenvalue weighted by Crippen LogP contribution is 2.35. The summed E-state index contributed by atoms with van der Waals surface area (Å²) < 4.78 is 0. The van der Waals surface area contributed by atoms with Crippen molar-refractivity contribution in [2.24, 2.45) is 0 Å². The van der Waals surface area contributed by atoms with Gasteiger partial charge in [0, 0.05) is 6.42 Å². The van der Waals surface area contributed by atoms with Gasteiger partial charge in [-0.3, -0.25) is 4.79 Å². The zero-order chi connectivity index (χ0) is 10.7. The third-order valence-corrected chi connectivity index (χ3v) is 3.16. The first kappa shape index (κ1) is 10.2. The average Bonchev–Trinajstić information content (AvgIpc) is 2.63. The molecule has 0 bridgehead atoms. The van der Waals surface area contributed by atoms with Crippen molar-refractivity contribution in [1.82, 2.24) is 5.32 Å². The largest absolute Gasteiger partial charge is 0.347 e. The van der Waals surface area contributed by atoms with Crippen LogP contribution in [0.2, 0.25) is 0 Å². The van der Waals surface area contributed by atoms with Crippen LogP contribution in [0.4, 0.5) is 0 Å². The van der Waals surface area contributed by atoms with Crippen molar-refractivity contribution in [3.05, 3.63) is 35.9 Å². The Labute approximate surface area is 90.7 Å². The number of carbonyl (C=O) groups excluding carboxylic acids is 1. The predicted molar refractivity (Wildman–Crippen MR) is 60.4 cm³/mol. The van der Waals surface area contributed by atoms with Gasteiger partial charge in [0.15, 0.2) is 0 Å². The Morgan fingerprint density at radius 3 is 2.60 bits per heavy atom. The second kappa shape index (κ2) is 4.05. The lowest BCUT2D eigenvalue weighted by atomic mass is 9.84. The molecule has 1 aliphatic heterocycles. The molecule has 0 radical (unpaired) electrons. The first-order valence-corrected chi connectivity index (χ1v) is 5.63. The second-order valence-corrected chi connectivity index (χ2v) is 4.25. The fraction of sp³-hybridized carbons (Fsp3) is 0.462. The van der Waals surface area contributed by atoms with Crippen molar-refractivity contribution in [1.29, 1.82) is 0 Å². The first-order valence-electron chi connectivity index (χ1n) is 5.63. The van der Waals surface area contributed by atoms with E-state index in [0.29, 0.717) is 6.42 Å². The van der Waals surface area contributed by atoms with E-state index in [1.807, 2.05) is 18.2 Å². The molecular weight excluding hydrogens is 186 g/mol. The third-order valence-electron chi connectivity index (χ3n) is 3.16. The van der Waals surface area contributed by atoms with E-state index in [-0.39, 0.29) is 11.4 Å². The third kappa shape index (κ3) is 1.89. The average molecular weight is 203 g/mol. The summed E-state index contributed by atoms with van der Waals surface area (Å²) in [6.07, 6.45) is 3.72. The lowest BCUT2D eigenvalue weighted by Gasteiger charge is -2.29. The molecule has 1 fully saturated rings. The van der Waals surface area contributed by atoms with Gasteiger partial charge in [0.2, 0.25) is 5.91 Å². The molecule has 0 aliphatic carbocycles. The van der Waals surface area contributed by atoms with Gasteiger partial charge >= 0.3 is 0 Å². The SMILES string of the molecule is CCCC1(c2ccccc2)CCC(=O)N1. The molecule has 0 aromatic heterocycles. The molecule has 2 nitrogen and oxygen atoms in total. The first-order chi connectivity index (χ1) is 7.27. The van der Waals surface area contributed by atoms with Crippen molar-refractivity contribution in [2.75, 3.05) is 0 Å². The Bertz CT molecular complexity index is 347. The van der Waals surface area contributed by atoms with Crippen LogP contribution in [0.3, 0.4) is 0 Å². The van der Waals surface area contributed by atoms with E-state index in [0.717, 1.165) is 19.3 Å². The van der Waals surface area contributed by atoms with Gasteiger partial charge in [0.25, 0.3) is 0 Å². The standard InChI is InChI=1S/C13H17NO/c1-2-9-13(10-8-12(15)14-13)11-6-4-3-5-7-11/h3-7H,2,8-10H2,1H3,(H,14,15). The molecule has 0 spiro atoms. The quantitative estimate of drug-likeness (QED) is 0.803. The minimum absolute atomic E-state index is 0.0902. The number of benzene rings is 1. The van der Waals surface area contributed by atoms with Crippen molar-refractivity contribution < 1.29 is 4.79 Å². The summed E-state index contributed by atoms with van der Waals surface area (Å²) in [6, 6.07) is 10.3. The fourth-order valence-electron chi connectivity index (χ4n) is 2.45. The summed E-state index contributed by atoms with van der Waals surface area (Å²) in [7, 11) is 0. The van der Waals surface area contributed by atoms with Crippen molar-refractivity contribution in [3.8, 4) is 0 Å². The summed E-state index contributed by atoms with van der Waals surface area (Å²) in [5.41, 5.74) is 1.16. The summed E-state index contributed by atoms with van der Waals surface area (Å²) in [5.74, 6) is 0.187. The van der Waals surface area contributed by atoms with Crippen LogP contribution < -0.4 is 5.32 Å². The van der Waals surface area contributed by atoms with E-state index < -0.39 is 0 Å². The molecule has 1 aromatic rings. The van der Waals surface area contributed by atoms with E-state index in [4.69, 9.17) is 0 Å². The van der Waals surface area contributed by atoms with Gasteiger partial charge in [-0.25, -0.2) is 0 Å². The Balaban J connectivity index is 2.31. The maximum atomic E-state index is 11.4. The van der Waals surface area contributed by atoms with Crippen LogP contribution in [0, 0.1) is 0 Å². The van der Waals surface area contributed by atoms with Crippen LogP contribution in [-0.2, 0) is 10.3 Å². The highest BCUT2D eigenvalue weighted by molar-refractivity contribution is 5.79. The molecule has 2 rings (SSSR count). The Morgan fingerprint density at radius 1 is 1.33 bits per heavy atom. The van der Waals surface area contributed by atoms with E-state index >= 15 is 0 Å². The molecule has 2 heteroatoms. The van der Waals surface area contributed by atoms with E-state index in [2.05, 4.69) is 24.4 Å². The number of rotatable bonds is 3. The maximum Gasteiger partial charge on any atom is 0.220 e. The number of amides is 1. The van der Waals surface area contributed by atoms with Gasteiger partial charge in [-0.05, 0) is 18.4 Å². The highest BCUT2D eigenvalue weighted by atomic mass is 16.2. The zero-order valence-corrected chi connectivity index (χ0v) is 9.12. The summed E-state index contributed by atoms with van der Waals surface area (Å²) in [4.78, 5) is 11.4. The molecular formula is C13H17NO. The minimum Gasteiger partial charge on any atom is -0.347 e. The molecule has 1 N–H and O–H groups in total. The van der Waals surface area contributed by atoms with E-state index in [1.165, 1.54) is 5.56 Å². The summed E-state index contributed by atoms with van der Waals surface area (Å²) >= 11 is 0. The fourth-order valence-corrected chi connectivity index (χ4v) is 2.45. The van der Waals surface area contributed by atoms with Gasteiger partial charge in [-0.15, -0.1) is 0 Å². The Kier molecular flexibility index (Phi) is 2.76. The van der Waals surface area contributed by atoms with Gasteiger partial charge in [0.05, 0.1) is 5.54 Å². The maximum absolute atomic E-state index is 11.4. The smallest absolute Gasteiger partial charge is 0.220 e. The number of hydrogen-bond donors (Lipinski definition) is 1. The Hall–Kier alpha value is -1.31. The van der Waals surface area contributed by atoms with Crippen LogP contribution in [0.15, 0.2) is 30.3 Å². The molecule has 1 amide bonds. The molecule has 1 atom stereocenters. The van der Waals surface area contributed by atoms with Crippen LogP contribution in [0.1, 0.15) is 38.2 Å². The zero-order valence-electron chi connectivity index (χ0n) is 9.12. The molecule has 1 heterocycles. The highest BCUT2D eigenvalue weighted by Gasteiger charge is 2.37. The van der Waals surface area contributed by atoms with Crippen LogP contribution >= 0.6 is 0 Å². The van der Waals surface area contributed by atoms with Crippen molar-refractivity contribution >= 4 is 5.91 Å². The normalized spacial score (nSPS) is 25.3. The lowest BCUT2D eigenvalue weighted by Crippen LogP contribution is -2.38. The number of carbonyl (C=O) groups is 1. The van der Waals surface area contributed by atoms with Gasteiger partial charge in [-0.1, -0.05) is 43.7 Å². The van der Waals surface area contributed by atoms with Gasteiger partial charge in [0.1, 0.15) is 0 Å². The number of hydrogen-bond acceptors (Lipinski definition) is 1. The summed E-state index contributed by atoms with van der Waals surface area (Å²) in [5, 5.41) is 3.15. The molecule has 1 unspecified atom stereocenters. The molecule has 1 aromatic carbocycles. The van der Waals surface area contributed by atoms with E-state index in [9.17, 15) is 4.79 Å². The minimum atomic E-state index is -0.0902. The van der Waals surface area contributed by atoms with Crippen LogP contribution in [-0.4, -0.2) is 5.91 Å². The molecule has 0 saturated carbocycles. The predicted octanol–water partition coefficient (Wildman–Crippen LogP) is 2.59. The molecule has 1 saturated heterocycles. The molecule has 80 valence electrons. The molecule has 1 aliphatic rings. The number of nitrogens with one attached hydrogen (secondary N) is 1. The van der Waals surface area contributed by atoms with Gasteiger partial charge < -0.3 is 5.32 Å². The van der Waals surface area contributed by atoms with Crippen LogP contribution in [0.5, 0.6) is 0 Å². The topological polar surface area (TPSA) is 29.1 Å². The summed E-state index contributed by atoms with van der Waals surface area (Å²) in [6.45, 7) is 2.16. The Morgan fingerprint density at radius 2 is 2.07 bits per heavy atom. The second-order valence-electron chi connectivity index (χ2n) is 4.25. The molecule has 15 heavy (non-hydrogen) atoms. The monoisotopic (exact) mass is 203 g/mol.